The normalized spacial score (nSPS) is 11.4. The lowest BCUT2D eigenvalue weighted by molar-refractivity contribution is 0.111. The lowest BCUT2D eigenvalue weighted by atomic mass is 10.3. The van der Waals surface area contributed by atoms with Crippen LogP contribution in [0, 0.1) is 12.7 Å². The zero-order valence-electron chi connectivity index (χ0n) is 8.40. The summed E-state index contributed by atoms with van der Waals surface area (Å²) in [5.41, 5.74) is 2.06. The zero-order chi connectivity index (χ0) is 11.3. The van der Waals surface area contributed by atoms with Crippen molar-refractivity contribution >= 4 is 32.8 Å². The summed E-state index contributed by atoms with van der Waals surface area (Å²) in [7, 11) is 0. The van der Waals surface area contributed by atoms with Crippen molar-refractivity contribution in [1.29, 1.82) is 0 Å². The summed E-state index contributed by atoms with van der Waals surface area (Å²) in [6, 6.07) is 4.51. The Labute approximate surface area is 94.1 Å². The highest BCUT2D eigenvalue weighted by molar-refractivity contribution is 7.23. The Morgan fingerprint density at radius 2 is 2.31 bits per heavy atom. The zero-order valence-corrected chi connectivity index (χ0v) is 9.21. The summed E-state index contributed by atoms with van der Waals surface area (Å²) in [6.45, 7) is 1.79. The molecular formula is C11H7FN2OS. The number of aromatic nitrogens is 2. The van der Waals surface area contributed by atoms with Crippen molar-refractivity contribution in [3.05, 3.63) is 35.4 Å². The summed E-state index contributed by atoms with van der Waals surface area (Å²) in [4.78, 5) is 16.0. The Morgan fingerprint density at radius 3 is 3.06 bits per heavy atom. The largest absolute Gasteiger partial charge is 0.296 e. The first-order valence-electron chi connectivity index (χ1n) is 4.73. The highest BCUT2D eigenvalue weighted by Crippen LogP contribution is 2.28. The molecule has 0 aliphatic rings. The second-order valence-electron chi connectivity index (χ2n) is 3.53. The number of benzene rings is 1. The predicted octanol–water partition coefficient (Wildman–Crippen LogP) is 2.81. The highest BCUT2D eigenvalue weighted by atomic mass is 32.1. The average molecular weight is 234 g/mol. The molecule has 3 nitrogen and oxygen atoms in total. The van der Waals surface area contributed by atoms with Gasteiger partial charge in [-0.25, -0.2) is 9.37 Å². The first kappa shape index (κ1) is 9.47. The van der Waals surface area contributed by atoms with Gasteiger partial charge in [0.25, 0.3) is 0 Å². The number of hydrogen-bond donors (Lipinski definition) is 0. The van der Waals surface area contributed by atoms with Gasteiger partial charge in [0.15, 0.2) is 11.2 Å². The molecule has 3 aromatic rings. The minimum atomic E-state index is -0.277. The molecule has 0 radical (unpaired) electrons. The first-order chi connectivity index (χ1) is 7.70. The quantitative estimate of drug-likeness (QED) is 0.607. The summed E-state index contributed by atoms with van der Waals surface area (Å²) in [6.07, 6.45) is 0.783. The Hall–Kier alpha value is -1.75. The molecule has 0 fully saturated rings. The van der Waals surface area contributed by atoms with E-state index in [4.69, 9.17) is 0 Å². The molecule has 0 saturated heterocycles. The molecule has 2 aromatic heterocycles. The molecule has 0 atom stereocenters. The number of rotatable bonds is 1. The Bertz CT molecular complexity index is 713. The van der Waals surface area contributed by atoms with Crippen LogP contribution in [0.2, 0.25) is 0 Å². The SMILES string of the molecule is Cc1nc2sc3cc(F)ccc3n2c1C=O. The Morgan fingerprint density at radius 1 is 1.50 bits per heavy atom. The van der Waals surface area contributed by atoms with E-state index < -0.39 is 0 Å². The van der Waals surface area contributed by atoms with Gasteiger partial charge in [-0.05, 0) is 25.1 Å². The van der Waals surface area contributed by atoms with E-state index in [2.05, 4.69) is 4.98 Å². The van der Waals surface area contributed by atoms with Gasteiger partial charge in [-0.3, -0.25) is 9.20 Å². The topological polar surface area (TPSA) is 34.4 Å². The number of carbonyl (C=O) groups excluding carboxylic acids is 1. The number of aldehydes is 1. The lowest BCUT2D eigenvalue weighted by Gasteiger charge is -1.94. The van der Waals surface area contributed by atoms with Crippen LogP contribution in [0.15, 0.2) is 18.2 Å². The minimum absolute atomic E-state index is 0.277. The average Bonchev–Trinajstić information content (AvgIpc) is 2.71. The molecular weight excluding hydrogens is 227 g/mol. The van der Waals surface area contributed by atoms with Gasteiger partial charge < -0.3 is 0 Å². The van der Waals surface area contributed by atoms with Gasteiger partial charge in [-0.2, -0.15) is 0 Å². The van der Waals surface area contributed by atoms with Crippen molar-refractivity contribution in [3.8, 4) is 0 Å². The van der Waals surface area contributed by atoms with Gasteiger partial charge in [0.1, 0.15) is 11.5 Å². The molecule has 0 aliphatic heterocycles. The number of halogens is 1. The summed E-state index contributed by atoms with van der Waals surface area (Å²) in [5, 5.41) is 0. The number of nitrogens with zero attached hydrogens (tertiary/aromatic N) is 2. The molecule has 1 aromatic carbocycles. The molecule has 0 unspecified atom stereocenters. The van der Waals surface area contributed by atoms with E-state index in [-0.39, 0.29) is 5.82 Å². The van der Waals surface area contributed by atoms with Crippen molar-refractivity contribution in [3.63, 3.8) is 0 Å². The predicted molar refractivity (Wildman–Crippen MR) is 60.7 cm³/mol. The smallest absolute Gasteiger partial charge is 0.195 e. The van der Waals surface area contributed by atoms with Crippen LogP contribution < -0.4 is 0 Å². The molecule has 0 aliphatic carbocycles. The van der Waals surface area contributed by atoms with E-state index in [9.17, 15) is 9.18 Å². The van der Waals surface area contributed by atoms with Crippen LogP contribution in [-0.4, -0.2) is 15.7 Å². The highest BCUT2D eigenvalue weighted by Gasteiger charge is 2.13. The van der Waals surface area contributed by atoms with Gasteiger partial charge in [-0.1, -0.05) is 11.3 Å². The van der Waals surface area contributed by atoms with E-state index in [1.54, 1.807) is 17.4 Å². The van der Waals surface area contributed by atoms with Crippen LogP contribution in [0.5, 0.6) is 0 Å². The summed E-state index contributed by atoms with van der Waals surface area (Å²) >= 11 is 1.38. The van der Waals surface area contributed by atoms with Crippen LogP contribution in [0.25, 0.3) is 15.2 Å². The van der Waals surface area contributed by atoms with Crippen molar-refractivity contribution < 1.29 is 9.18 Å². The Kier molecular flexibility index (Phi) is 1.85. The second kappa shape index (κ2) is 3.12. The van der Waals surface area contributed by atoms with Crippen molar-refractivity contribution in [1.82, 2.24) is 9.38 Å². The number of hydrogen-bond acceptors (Lipinski definition) is 3. The monoisotopic (exact) mass is 234 g/mol. The molecule has 0 N–H and O–H groups in total. The van der Waals surface area contributed by atoms with Crippen LogP contribution >= 0.6 is 11.3 Å². The van der Waals surface area contributed by atoms with Crippen molar-refractivity contribution in [2.45, 2.75) is 6.92 Å². The molecule has 80 valence electrons. The maximum Gasteiger partial charge on any atom is 0.195 e. The molecule has 0 bridgehead atoms. The van der Waals surface area contributed by atoms with E-state index in [0.717, 1.165) is 21.5 Å². The fraction of sp³-hybridized carbons (Fsp3) is 0.0909. The van der Waals surface area contributed by atoms with Crippen molar-refractivity contribution in [2.24, 2.45) is 0 Å². The number of thiazole rings is 1. The molecule has 0 spiro atoms. The van der Waals surface area contributed by atoms with E-state index >= 15 is 0 Å². The maximum absolute atomic E-state index is 13.0. The van der Waals surface area contributed by atoms with Crippen LogP contribution in [-0.2, 0) is 0 Å². The third kappa shape index (κ3) is 1.12. The fourth-order valence-corrected chi connectivity index (χ4v) is 2.91. The molecule has 2 heterocycles. The number of carbonyl (C=O) groups is 1. The molecule has 0 amide bonds. The van der Waals surface area contributed by atoms with Crippen LogP contribution in [0.3, 0.4) is 0 Å². The van der Waals surface area contributed by atoms with Gasteiger partial charge in [0.05, 0.1) is 15.9 Å². The van der Waals surface area contributed by atoms with E-state index in [1.807, 2.05) is 0 Å². The number of aryl methyl sites for hydroxylation is 1. The summed E-state index contributed by atoms with van der Waals surface area (Å²) in [5.74, 6) is -0.277. The fourth-order valence-electron chi connectivity index (χ4n) is 1.81. The Balaban J connectivity index is 2.55. The minimum Gasteiger partial charge on any atom is -0.296 e. The van der Waals surface area contributed by atoms with Crippen LogP contribution in [0.4, 0.5) is 4.39 Å². The molecule has 16 heavy (non-hydrogen) atoms. The van der Waals surface area contributed by atoms with Gasteiger partial charge >= 0.3 is 0 Å². The molecule has 5 heteroatoms. The maximum atomic E-state index is 13.0. The lowest BCUT2D eigenvalue weighted by Crippen LogP contribution is -1.90. The van der Waals surface area contributed by atoms with E-state index in [1.165, 1.54) is 23.5 Å². The number of fused-ring (bicyclic) bond motifs is 3. The van der Waals surface area contributed by atoms with Crippen LogP contribution in [0.1, 0.15) is 16.2 Å². The van der Waals surface area contributed by atoms with E-state index in [0.29, 0.717) is 11.4 Å². The van der Waals surface area contributed by atoms with Gasteiger partial charge in [0.2, 0.25) is 0 Å². The van der Waals surface area contributed by atoms with Gasteiger partial charge in [0, 0.05) is 0 Å². The second-order valence-corrected chi connectivity index (χ2v) is 4.54. The molecule has 0 saturated carbocycles. The standard InChI is InChI=1S/C11H7FN2OS/c1-6-9(5-15)14-8-3-2-7(12)4-10(8)16-11(14)13-6/h2-5H,1H3. The third-order valence-electron chi connectivity index (χ3n) is 2.54. The van der Waals surface area contributed by atoms with Crippen molar-refractivity contribution in [2.75, 3.05) is 0 Å². The molecule has 3 rings (SSSR count). The first-order valence-corrected chi connectivity index (χ1v) is 5.54. The third-order valence-corrected chi connectivity index (χ3v) is 3.55. The number of imidazole rings is 1. The summed E-state index contributed by atoms with van der Waals surface area (Å²) < 4.78 is 15.6. The van der Waals surface area contributed by atoms with Gasteiger partial charge in [-0.15, -0.1) is 0 Å².